The van der Waals surface area contributed by atoms with Crippen LogP contribution in [0.15, 0.2) is 52.7 Å². The summed E-state index contributed by atoms with van der Waals surface area (Å²) in [6.45, 7) is 2.34. The number of rotatable bonds is 8. The van der Waals surface area contributed by atoms with E-state index in [-0.39, 0.29) is 30.5 Å². The van der Waals surface area contributed by atoms with E-state index in [0.29, 0.717) is 22.2 Å². The van der Waals surface area contributed by atoms with Gasteiger partial charge in [0.2, 0.25) is 5.78 Å². The summed E-state index contributed by atoms with van der Waals surface area (Å²) in [7, 11) is 1.67. The highest BCUT2D eigenvalue weighted by molar-refractivity contribution is 9.10. The lowest BCUT2D eigenvalue weighted by atomic mass is 10.00. The van der Waals surface area contributed by atoms with E-state index in [1.165, 1.54) is 17.7 Å². The molecule has 0 spiro atoms. The molecule has 4 rings (SSSR count). The summed E-state index contributed by atoms with van der Waals surface area (Å²) in [5, 5.41) is 14.9. The Kier molecular flexibility index (Phi) is 7.35. The molecule has 1 unspecified atom stereocenters. The lowest BCUT2D eigenvalue weighted by Gasteiger charge is -2.15. The molecule has 0 bridgehead atoms. The van der Waals surface area contributed by atoms with E-state index in [9.17, 15) is 9.90 Å². The highest BCUT2D eigenvalue weighted by Crippen LogP contribution is 2.35. The smallest absolute Gasteiger partial charge is 0.208 e. The van der Waals surface area contributed by atoms with Gasteiger partial charge >= 0.3 is 0 Å². The lowest BCUT2D eigenvalue weighted by molar-refractivity contribution is 0.104. The van der Waals surface area contributed by atoms with Crippen molar-refractivity contribution < 1.29 is 14.6 Å². The van der Waals surface area contributed by atoms with Crippen LogP contribution in [0.5, 0.6) is 0 Å². The Labute approximate surface area is 200 Å². The fraction of sp³-hybridized carbons (Fsp3) is 0.375. The normalized spacial score (nSPS) is 21.4. The van der Waals surface area contributed by atoms with Gasteiger partial charge < -0.3 is 15.2 Å². The van der Waals surface area contributed by atoms with Crippen molar-refractivity contribution in [2.24, 2.45) is 11.8 Å². The van der Waals surface area contributed by atoms with E-state index in [1.54, 1.807) is 13.3 Å². The zero-order valence-electron chi connectivity index (χ0n) is 18.0. The van der Waals surface area contributed by atoms with Crippen molar-refractivity contribution in [1.82, 2.24) is 9.97 Å². The van der Waals surface area contributed by atoms with Gasteiger partial charge in [0.1, 0.15) is 18.2 Å². The quantitative estimate of drug-likeness (QED) is 0.406. The number of hydrogen-bond acceptors (Lipinski definition) is 7. The summed E-state index contributed by atoms with van der Waals surface area (Å²) in [4.78, 5) is 22.4. The number of aliphatic hydroxyl groups excluding tert-OH is 1. The zero-order valence-corrected chi connectivity index (χ0v) is 20.4. The lowest BCUT2D eigenvalue weighted by Crippen LogP contribution is -2.19. The van der Waals surface area contributed by atoms with Crippen LogP contribution in [0.25, 0.3) is 0 Å². The van der Waals surface area contributed by atoms with Crippen molar-refractivity contribution in [3.63, 3.8) is 0 Å². The number of benzene rings is 1. The van der Waals surface area contributed by atoms with Crippen LogP contribution in [-0.2, 0) is 4.74 Å². The van der Waals surface area contributed by atoms with Crippen molar-refractivity contribution in [3.8, 4) is 0 Å². The van der Waals surface area contributed by atoms with Gasteiger partial charge in [0.25, 0.3) is 0 Å². The van der Waals surface area contributed by atoms with Crippen LogP contribution >= 0.6 is 27.3 Å². The minimum absolute atomic E-state index is 0.113. The topological polar surface area (TPSA) is 84.3 Å². The molecule has 8 heteroatoms. The highest BCUT2D eigenvalue weighted by Gasteiger charge is 2.32. The minimum Gasteiger partial charge on any atom is -0.396 e. The molecule has 1 saturated carbocycles. The van der Waals surface area contributed by atoms with Gasteiger partial charge in [-0.05, 0) is 59.4 Å². The Morgan fingerprint density at radius 1 is 1.34 bits per heavy atom. The average molecular weight is 516 g/mol. The van der Waals surface area contributed by atoms with Gasteiger partial charge in [0.15, 0.2) is 0 Å². The van der Waals surface area contributed by atoms with Crippen LogP contribution in [0.2, 0.25) is 0 Å². The van der Waals surface area contributed by atoms with Crippen molar-refractivity contribution in [3.05, 3.63) is 74.3 Å². The van der Waals surface area contributed by atoms with Crippen molar-refractivity contribution in [1.29, 1.82) is 0 Å². The predicted molar refractivity (Wildman–Crippen MR) is 129 cm³/mol. The molecular weight excluding hydrogens is 490 g/mol. The SMILES string of the molecule is COC(c1cccc(Br)c1)c1csc(C(=O)c2cncnc2N[C@@H]2C[C@H](CO)[C@@H](C)C2)c1. The fourth-order valence-electron chi connectivity index (χ4n) is 4.39. The van der Waals surface area contributed by atoms with Gasteiger partial charge in [-0.15, -0.1) is 11.3 Å². The van der Waals surface area contributed by atoms with Gasteiger partial charge in [-0.2, -0.15) is 0 Å². The predicted octanol–water partition coefficient (Wildman–Crippen LogP) is 5.09. The Morgan fingerprint density at radius 2 is 2.19 bits per heavy atom. The number of thiophene rings is 1. The van der Waals surface area contributed by atoms with E-state index in [0.717, 1.165) is 28.4 Å². The number of nitrogens with one attached hydrogen (secondary N) is 1. The molecule has 32 heavy (non-hydrogen) atoms. The Balaban J connectivity index is 1.55. The standard InChI is InChI=1S/C24H26BrN3O3S/c1-14-6-19(8-16(14)11-29)28-24-20(10-26-13-27-24)22(30)21-9-17(12-32-21)23(31-2)15-4-3-5-18(25)7-15/h3-5,7,9-10,12-14,16,19,23,29H,6,8,11H2,1-2H3,(H,26,27,28)/t14-,16+,19-,23?/m0/s1. The van der Waals surface area contributed by atoms with E-state index in [2.05, 4.69) is 38.1 Å². The molecule has 1 aliphatic carbocycles. The zero-order chi connectivity index (χ0) is 22.7. The molecule has 0 radical (unpaired) electrons. The Bertz CT molecular complexity index is 1090. The van der Waals surface area contributed by atoms with Crippen molar-refractivity contribution >= 4 is 38.9 Å². The number of nitrogens with zero attached hydrogens (tertiary/aromatic N) is 2. The number of methoxy groups -OCH3 is 1. The number of ether oxygens (including phenoxy) is 1. The van der Waals surface area contributed by atoms with E-state index < -0.39 is 0 Å². The van der Waals surface area contributed by atoms with Crippen LogP contribution in [0.3, 0.4) is 0 Å². The molecule has 3 aromatic rings. The molecule has 1 aromatic carbocycles. The first-order chi connectivity index (χ1) is 15.5. The fourth-order valence-corrected chi connectivity index (χ4v) is 5.68. The molecule has 0 amide bonds. The number of carbonyl (C=O) groups excluding carboxylic acids is 1. The van der Waals surface area contributed by atoms with Crippen LogP contribution in [0.4, 0.5) is 5.82 Å². The third-order valence-electron chi connectivity index (χ3n) is 6.11. The molecule has 168 valence electrons. The van der Waals surface area contributed by atoms with E-state index >= 15 is 0 Å². The molecule has 1 fully saturated rings. The molecule has 1 aliphatic rings. The van der Waals surface area contributed by atoms with Crippen molar-refractivity contribution in [2.45, 2.75) is 31.9 Å². The summed E-state index contributed by atoms with van der Waals surface area (Å²) >= 11 is 4.90. The van der Waals surface area contributed by atoms with E-state index in [1.807, 2.05) is 35.7 Å². The largest absolute Gasteiger partial charge is 0.396 e. The van der Waals surface area contributed by atoms with Gasteiger partial charge in [-0.3, -0.25) is 4.79 Å². The van der Waals surface area contributed by atoms with Gasteiger partial charge in [-0.25, -0.2) is 9.97 Å². The second-order valence-corrected chi connectivity index (χ2v) is 10.1. The summed E-state index contributed by atoms with van der Waals surface area (Å²) in [5.41, 5.74) is 2.40. The number of ketones is 1. The second-order valence-electron chi connectivity index (χ2n) is 8.26. The van der Waals surface area contributed by atoms with Crippen LogP contribution in [0, 0.1) is 11.8 Å². The summed E-state index contributed by atoms with van der Waals surface area (Å²) in [6, 6.07) is 10.0. The summed E-state index contributed by atoms with van der Waals surface area (Å²) < 4.78 is 6.71. The van der Waals surface area contributed by atoms with Crippen LogP contribution in [0.1, 0.15) is 52.2 Å². The van der Waals surface area contributed by atoms with Crippen LogP contribution < -0.4 is 5.32 Å². The first kappa shape index (κ1) is 23.0. The first-order valence-electron chi connectivity index (χ1n) is 10.6. The number of carbonyl (C=O) groups is 1. The maximum atomic E-state index is 13.3. The molecule has 4 atom stereocenters. The molecular formula is C24H26BrN3O3S. The summed E-state index contributed by atoms with van der Waals surface area (Å²) in [5.74, 6) is 1.14. The van der Waals surface area contributed by atoms with E-state index in [4.69, 9.17) is 4.74 Å². The number of aliphatic hydroxyl groups is 1. The number of anilines is 1. The molecule has 0 saturated heterocycles. The number of hydrogen-bond donors (Lipinski definition) is 2. The Hall–Kier alpha value is -2.13. The minimum atomic E-state index is -0.259. The molecule has 2 N–H and O–H groups in total. The molecule has 2 aromatic heterocycles. The third kappa shape index (κ3) is 4.93. The maximum absolute atomic E-state index is 13.3. The van der Waals surface area contributed by atoms with Gasteiger partial charge in [0, 0.05) is 30.4 Å². The Morgan fingerprint density at radius 3 is 2.91 bits per heavy atom. The first-order valence-corrected chi connectivity index (χ1v) is 12.3. The average Bonchev–Trinajstić information content (AvgIpc) is 3.41. The molecule has 0 aliphatic heterocycles. The summed E-state index contributed by atoms with van der Waals surface area (Å²) in [6.07, 6.45) is 4.57. The van der Waals surface area contributed by atoms with Gasteiger partial charge in [0.05, 0.1) is 10.4 Å². The van der Waals surface area contributed by atoms with Crippen LogP contribution in [-0.4, -0.2) is 40.6 Å². The highest BCUT2D eigenvalue weighted by atomic mass is 79.9. The maximum Gasteiger partial charge on any atom is 0.208 e. The third-order valence-corrected chi connectivity index (χ3v) is 7.55. The van der Waals surface area contributed by atoms with Crippen molar-refractivity contribution in [2.75, 3.05) is 19.0 Å². The number of aromatic nitrogens is 2. The molecule has 2 heterocycles. The van der Waals surface area contributed by atoms with Gasteiger partial charge in [-0.1, -0.05) is 35.0 Å². The monoisotopic (exact) mass is 515 g/mol. The second kappa shape index (κ2) is 10.2. The molecule has 6 nitrogen and oxygen atoms in total. The number of halogens is 1.